The number of primary amides is 1. The number of urea groups is 1. The average Bonchev–Trinajstić information content (AvgIpc) is 2.62. The van der Waals surface area contributed by atoms with Crippen LogP contribution in [0.5, 0.6) is 0 Å². The van der Waals surface area contributed by atoms with Gasteiger partial charge >= 0.3 is 6.03 Å². The number of carbonyl (C=O) groups is 2. The quantitative estimate of drug-likeness (QED) is 0.650. The number of halogens is 1. The minimum absolute atomic E-state index is 0.257. The number of carbonyl (C=O) groups excluding carboxylic acids is 2. The first kappa shape index (κ1) is 11.1. The Morgan fingerprint density at radius 3 is 2.86 bits per heavy atom. The monoisotopic (exact) mass is 219 g/mol. The molecular formula is C8H14ClN3O2. The Bertz CT molecular complexity index is 235. The molecule has 1 unspecified atom stereocenters. The van der Waals surface area contributed by atoms with Crippen LogP contribution in [0.2, 0.25) is 0 Å². The molecule has 80 valence electrons. The third kappa shape index (κ3) is 2.51. The van der Waals surface area contributed by atoms with Crippen LogP contribution in [-0.4, -0.2) is 41.8 Å². The molecule has 3 amide bonds. The van der Waals surface area contributed by atoms with Gasteiger partial charge in [0.05, 0.1) is 0 Å². The van der Waals surface area contributed by atoms with Gasteiger partial charge in [0, 0.05) is 19.0 Å². The van der Waals surface area contributed by atoms with E-state index in [2.05, 4.69) is 5.32 Å². The molecule has 1 fully saturated rings. The smallest absolute Gasteiger partial charge is 0.318 e. The third-order valence-corrected chi connectivity index (χ3v) is 2.40. The van der Waals surface area contributed by atoms with Crippen molar-refractivity contribution >= 4 is 23.5 Å². The summed E-state index contributed by atoms with van der Waals surface area (Å²) in [4.78, 5) is 23.9. The van der Waals surface area contributed by atoms with Crippen LogP contribution in [-0.2, 0) is 4.79 Å². The van der Waals surface area contributed by atoms with Crippen molar-refractivity contribution in [3.63, 3.8) is 0 Å². The van der Waals surface area contributed by atoms with Crippen LogP contribution in [0, 0.1) is 0 Å². The van der Waals surface area contributed by atoms with Gasteiger partial charge in [0.15, 0.2) is 0 Å². The van der Waals surface area contributed by atoms with E-state index in [4.69, 9.17) is 17.3 Å². The number of alkyl halides is 1. The second kappa shape index (κ2) is 5.05. The van der Waals surface area contributed by atoms with Gasteiger partial charge in [-0.15, -0.1) is 11.6 Å². The molecule has 0 saturated carbocycles. The summed E-state index contributed by atoms with van der Waals surface area (Å²) in [6, 6.07) is -0.711. The highest BCUT2D eigenvalue weighted by molar-refractivity contribution is 6.18. The number of amides is 3. The molecule has 1 aliphatic heterocycles. The zero-order chi connectivity index (χ0) is 10.6. The number of likely N-dealkylation sites (tertiary alicyclic amines) is 1. The van der Waals surface area contributed by atoms with Gasteiger partial charge in [-0.3, -0.25) is 4.79 Å². The summed E-state index contributed by atoms with van der Waals surface area (Å²) in [5.74, 6) is -0.0793. The molecule has 1 rings (SSSR count). The Balaban J connectivity index is 2.49. The highest BCUT2D eigenvalue weighted by Gasteiger charge is 2.32. The average molecular weight is 220 g/mol. The van der Waals surface area contributed by atoms with Crippen LogP contribution in [0.3, 0.4) is 0 Å². The van der Waals surface area contributed by atoms with Crippen LogP contribution in [0.1, 0.15) is 12.8 Å². The van der Waals surface area contributed by atoms with Gasteiger partial charge in [-0.1, -0.05) is 0 Å². The van der Waals surface area contributed by atoms with E-state index in [1.807, 2.05) is 0 Å². The van der Waals surface area contributed by atoms with Gasteiger partial charge in [0.25, 0.3) is 0 Å². The van der Waals surface area contributed by atoms with E-state index in [0.717, 1.165) is 6.42 Å². The van der Waals surface area contributed by atoms with Gasteiger partial charge in [0.2, 0.25) is 5.91 Å². The SMILES string of the molecule is NC(=O)C1CCCN1C(=O)NCCCl. The van der Waals surface area contributed by atoms with Crippen LogP contribution in [0.4, 0.5) is 4.79 Å². The fourth-order valence-corrected chi connectivity index (χ4v) is 1.66. The maximum atomic E-state index is 11.5. The third-order valence-electron chi connectivity index (χ3n) is 2.21. The van der Waals surface area contributed by atoms with Crippen molar-refractivity contribution in [3.8, 4) is 0 Å². The highest BCUT2D eigenvalue weighted by Crippen LogP contribution is 2.16. The van der Waals surface area contributed by atoms with Gasteiger partial charge < -0.3 is 16.0 Å². The van der Waals surface area contributed by atoms with Crippen LogP contribution in [0.25, 0.3) is 0 Å². The molecule has 14 heavy (non-hydrogen) atoms. The van der Waals surface area contributed by atoms with Gasteiger partial charge in [0.1, 0.15) is 6.04 Å². The van der Waals surface area contributed by atoms with Crippen LogP contribution >= 0.6 is 11.6 Å². The largest absolute Gasteiger partial charge is 0.368 e. The summed E-state index contributed by atoms with van der Waals surface area (Å²) in [5.41, 5.74) is 5.17. The molecule has 1 aliphatic rings. The van der Waals surface area contributed by atoms with Crippen molar-refractivity contribution in [1.29, 1.82) is 0 Å². The Morgan fingerprint density at radius 2 is 2.29 bits per heavy atom. The van der Waals surface area contributed by atoms with Crippen LogP contribution < -0.4 is 11.1 Å². The molecule has 0 aliphatic carbocycles. The summed E-state index contributed by atoms with van der Waals surface area (Å²) in [7, 11) is 0. The maximum Gasteiger partial charge on any atom is 0.318 e. The predicted molar refractivity (Wildman–Crippen MR) is 53.0 cm³/mol. The Labute approximate surface area is 87.6 Å². The molecule has 0 aromatic rings. The standard InChI is InChI=1S/C8H14ClN3O2/c9-3-4-11-8(14)12-5-1-2-6(12)7(10)13/h6H,1-5H2,(H2,10,13)(H,11,14). The molecule has 3 N–H and O–H groups in total. The van der Waals surface area contributed by atoms with E-state index in [-0.39, 0.29) is 6.03 Å². The Morgan fingerprint density at radius 1 is 1.57 bits per heavy atom. The number of nitrogens with one attached hydrogen (secondary N) is 1. The molecule has 1 atom stereocenters. The molecular weight excluding hydrogens is 206 g/mol. The van der Waals surface area contributed by atoms with E-state index in [9.17, 15) is 9.59 Å². The highest BCUT2D eigenvalue weighted by atomic mass is 35.5. The normalized spacial score (nSPS) is 20.9. The molecule has 0 aromatic heterocycles. The van der Waals surface area contributed by atoms with Gasteiger partial charge in [-0.25, -0.2) is 4.79 Å². The molecule has 1 heterocycles. The first-order valence-electron chi connectivity index (χ1n) is 4.56. The lowest BCUT2D eigenvalue weighted by Gasteiger charge is -2.22. The minimum atomic E-state index is -0.453. The van der Waals surface area contributed by atoms with Gasteiger partial charge in [-0.2, -0.15) is 0 Å². The molecule has 0 aromatic carbocycles. The molecule has 0 bridgehead atoms. The summed E-state index contributed by atoms with van der Waals surface area (Å²) in [5, 5.41) is 2.61. The Kier molecular flexibility index (Phi) is 4.00. The number of nitrogens with two attached hydrogens (primary N) is 1. The van der Waals surface area contributed by atoms with E-state index in [1.54, 1.807) is 0 Å². The molecule has 5 nitrogen and oxygen atoms in total. The van der Waals surface area contributed by atoms with Crippen molar-refractivity contribution in [2.45, 2.75) is 18.9 Å². The number of hydrogen-bond acceptors (Lipinski definition) is 2. The lowest BCUT2D eigenvalue weighted by atomic mass is 10.2. The number of rotatable bonds is 3. The van der Waals surface area contributed by atoms with Crippen molar-refractivity contribution in [2.24, 2.45) is 5.73 Å². The lowest BCUT2D eigenvalue weighted by molar-refractivity contribution is -0.121. The zero-order valence-corrected chi connectivity index (χ0v) is 8.59. The second-order valence-corrected chi connectivity index (χ2v) is 3.55. The minimum Gasteiger partial charge on any atom is -0.368 e. The summed E-state index contributed by atoms with van der Waals surface area (Å²) < 4.78 is 0. The summed E-state index contributed by atoms with van der Waals surface area (Å²) in [6.07, 6.45) is 1.48. The molecule has 1 saturated heterocycles. The van der Waals surface area contributed by atoms with Crippen molar-refractivity contribution in [1.82, 2.24) is 10.2 Å². The fourth-order valence-electron chi connectivity index (χ4n) is 1.56. The van der Waals surface area contributed by atoms with Crippen molar-refractivity contribution in [3.05, 3.63) is 0 Å². The summed E-state index contributed by atoms with van der Waals surface area (Å²) >= 11 is 5.43. The first-order valence-corrected chi connectivity index (χ1v) is 5.10. The first-order chi connectivity index (χ1) is 6.66. The van der Waals surface area contributed by atoms with Crippen LogP contribution in [0.15, 0.2) is 0 Å². The number of hydrogen-bond donors (Lipinski definition) is 2. The zero-order valence-electron chi connectivity index (χ0n) is 7.83. The number of nitrogens with zero attached hydrogens (tertiary/aromatic N) is 1. The Hall–Kier alpha value is -0.970. The van der Waals surface area contributed by atoms with Gasteiger partial charge in [-0.05, 0) is 12.8 Å². The predicted octanol–water partition coefficient (Wildman–Crippen LogP) is -0.116. The van der Waals surface area contributed by atoms with E-state index >= 15 is 0 Å². The molecule has 6 heteroatoms. The van der Waals surface area contributed by atoms with E-state index < -0.39 is 11.9 Å². The topological polar surface area (TPSA) is 75.4 Å². The maximum absolute atomic E-state index is 11.5. The summed E-state index contributed by atoms with van der Waals surface area (Å²) in [6.45, 7) is 0.990. The lowest BCUT2D eigenvalue weighted by Crippen LogP contribution is -2.48. The second-order valence-electron chi connectivity index (χ2n) is 3.17. The molecule has 0 spiro atoms. The van der Waals surface area contributed by atoms with E-state index in [0.29, 0.717) is 25.4 Å². The van der Waals surface area contributed by atoms with Crippen molar-refractivity contribution < 1.29 is 9.59 Å². The van der Waals surface area contributed by atoms with Crippen molar-refractivity contribution in [2.75, 3.05) is 19.0 Å². The molecule has 0 radical (unpaired) electrons. The fraction of sp³-hybridized carbons (Fsp3) is 0.750. The van der Waals surface area contributed by atoms with E-state index in [1.165, 1.54) is 4.90 Å².